The average Bonchev–Trinajstić information content (AvgIpc) is 1.53. The maximum Gasteiger partial charge on any atom is 0.180 e. The molecule has 0 saturated heterocycles. The van der Waals surface area contributed by atoms with Crippen molar-refractivity contribution < 1.29 is 8.83 Å². The van der Waals surface area contributed by atoms with Crippen LogP contribution < -0.4 is 0 Å². The second-order valence-corrected chi connectivity index (χ2v) is 30.3. The number of benzene rings is 19. The van der Waals surface area contributed by atoms with Crippen LogP contribution in [0.5, 0.6) is 0 Å². The molecular formula is C108H62N8O2. The minimum absolute atomic E-state index is 0.610. The van der Waals surface area contributed by atoms with E-state index in [-0.39, 0.29) is 0 Å². The minimum atomic E-state index is 0.610. The topological polar surface area (TPSA) is 129 Å². The molecule has 19 aromatic carbocycles. The van der Waals surface area contributed by atoms with Crippen LogP contribution >= 0.6 is 0 Å². The van der Waals surface area contributed by atoms with Crippen molar-refractivity contribution in [1.82, 2.24) is 39.9 Å². The molecule has 6 heterocycles. The molecule has 0 radical (unpaired) electrons. The Morgan fingerprint density at radius 2 is 0.500 bits per heavy atom. The second kappa shape index (κ2) is 26.8. The molecule has 546 valence electrons. The van der Waals surface area contributed by atoms with Gasteiger partial charge in [-0.25, -0.2) is 39.9 Å². The number of rotatable bonds is 8. The summed E-state index contributed by atoms with van der Waals surface area (Å²) < 4.78 is 13.8. The van der Waals surface area contributed by atoms with Crippen molar-refractivity contribution >= 4 is 163 Å². The van der Waals surface area contributed by atoms with Crippen LogP contribution in [0.1, 0.15) is 0 Å². The lowest BCUT2D eigenvalue weighted by molar-refractivity contribution is 0.670. The van der Waals surface area contributed by atoms with Gasteiger partial charge in [-0.2, -0.15) is 0 Å². The van der Waals surface area contributed by atoms with Crippen molar-refractivity contribution in [2.45, 2.75) is 0 Å². The fourth-order valence-electron chi connectivity index (χ4n) is 17.8. The molecule has 10 nitrogen and oxygen atoms in total. The van der Waals surface area contributed by atoms with Gasteiger partial charge in [-0.1, -0.05) is 334 Å². The van der Waals surface area contributed by atoms with Crippen LogP contribution in [0.4, 0.5) is 0 Å². The van der Waals surface area contributed by atoms with Crippen LogP contribution in [0, 0.1) is 0 Å². The summed E-state index contributed by atoms with van der Waals surface area (Å²) in [5.74, 6) is 2.55. The zero-order valence-electron chi connectivity index (χ0n) is 63.2. The predicted molar refractivity (Wildman–Crippen MR) is 486 cm³/mol. The van der Waals surface area contributed by atoms with Gasteiger partial charge in [-0.3, -0.25) is 0 Å². The first-order valence-electron chi connectivity index (χ1n) is 39.7. The van der Waals surface area contributed by atoms with Crippen LogP contribution in [-0.2, 0) is 0 Å². The first kappa shape index (κ1) is 66.6. The first-order chi connectivity index (χ1) is 58.5. The Hall–Kier alpha value is -16.0. The third kappa shape index (κ3) is 10.9. The molecule has 0 aliphatic rings. The van der Waals surface area contributed by atoms with E-state index in [9.17, 15) is 0 Å². The van der Waals surface area contributed by atoms with Crippen LogP contribution in [0.3, 0.4) is 0 Å². The van der Waals surface area contributed by atoms with E-state index in [1.807, 2.05) is 30.3 Å². The lowest BCUT2D eigenvalue weighted by atomic mass is 9.94. The Labute approximate surface area is 674 Å². The molecule has 25 rings (SSSR count). The molecule has 6 aromatic heterocycles. The smallest absolute Gasteiger partial charge is 0.180 e. The minimum Gasteiger partial charge on any atom is -0.451 e. The van der Waals surface area contributed by atoms with E-state index in [1.165, 1.54) is 37.7 Å². The highest BCUT2D eigenvalue weighted by Gasteiger charge is 2.27. The summed E-state index contributed by atoms with van der Waals surface area (Å²) in [6.07, 6.45) is 0. The van der Waals surface area contributed by atoms with Gasteiger partial charge in [0.05, 0.1) is 27.8 Å². The van der Waals surface area contributed by atoms with Crippen molar-refractivity contribution in [2.24, 2.45) is 0 Å². The van der Waals surface area contributed by atoms with Gasteiger partial charge in [0.1, 0.15) is 33.6 Å². The Kier molecular flexibility index (Phi) is 15.1. The standard InChI is InChI=1S/C60H34N4O.C48H28N4O/c1-3-17-39-37(15-1)33-50(45-23-7-5-19-41(39)45)54-49-27-13-14-28-52(49)61-59(62-54)35-29-31-36(32-30-35)60-63-55(51-34-38-16-2-4-18-40(38)42-20-6-8-24-46(42)51)58-56(64-60)53-47-25-11-9-21-43(47)44-22-10-12-26-48(44)57(53)65-58;1-3-12-34-27-36(23-17-29(34)9-1)42-39-15-7-8-16-41(39)49-47(50-42)32-19-21-33(22-20-32)48-51-43(37-24-18-30-10-2-4-13-35(30)28-37)46-44(52-48)40-26-25-31-11-5-6-14-38(31)45(40)53-46/h1-34H;1-28H. The van der Waals surface area contributed by atoms with E-state index >= 15 is 0 Å². The molecule has 0 amide bonds. The van der Waals surface area contributed by atoms with Gasteiger partial charge in [0.2, 0.25) is 0 Å². The summed E-state index contributed by atoms with van der Waals surface area (Å²) in [4.78, 5) is 42.0. The van der Waals surface area contributed by atoms with Crippen molar-refractivity contribution in [3.8, 4) is 90.6 Å². The highest BCUT2D eigenvalue weighted by atomic mass is 16.3. The van der Waals surface area contributed by atoms with Crippen molar-refractivity contribution in [3.05, 3.63) is 376 Å². The molecule has 10 heteroatoms. The van der Waals surface area contributed by atoms with Gasteiger partial charge in [0.25, 0.3) is 0 Å². The Morgan fingerprint density at radius 1 is 0.161 bits per heavy atom. The van der Waals surface area contributed by atoms with Gasteiger partial charge in [0, 0.05) is 71.4 Å². The number of nitrogens with zero attached hydrogens (tertiary/aromatic N) is 8. The predicted octanol–water partition coefficient (Wildman–Crippen LogP) is 28.4. The fourth-order valence-corrected chi connectivity index (χ4v) is 17.8. The van der Waals surface area contributed by atoms with E-state index in [1.54, 1.807) is 0 Å². The third-order valence-electron chi connectivity index (χ3n) is 23.5. The third-order valence-corrected chi connectivity index (χ3v) is 23.5. The molecule has 0 unspecified atom stereocenters. The summed E-state index contributed by atoms with van der Waals surface area (Å²) in [7, 11) is 0. The molecule has 0 spiro atoms. The molecule has 0 N–H and O–H groups in total. The Morgan fingerprint density at radius 3 is 1.05 bits per heavy atom. The Bertz CT molecular complexity index is 8530. The van der Waals surface area contributed by atoms with Crippen LogP contribution in [0.25, 0.3) is 253 Å². The summed E-state index contributed by atoms with van der Waals surface area (Å²) in [6, 6.07) is 131. The SMILES string of the molecule is c1ccc2c(c1)cc(-c1nc(-c3ccc(-c4nc(-c5cc6ccccc6c6ccccc56)c5oc6c7ccccc7c7ccccc7c6c5n4)cc3)nc3ccccc13)c1ccccc12.c1ccc2cc(-c3nc(-c4ccc(-c5nc(-c6ccc7ccccc7c6)c6oc7c8ccccc8ccc7c6n5)cc4)nc4ccccc34)ccc2c1. The van der Waals surface area contributed by atoms with Gasteiger partial charge in [0.15, 0.2) is 34.5 Å². The maximum atomic E-state index is 7.08. The number of hydrogen-bond acceptors (Lipinski definition) is 10. The molecular weight excluding hydrogens is 1440 g/mol. The highest BCUT2D eigenvalue weighted by Crippen LogP contribution is 2.47. The summed E-state index contributed by atoms with van der Waals surface area (Å²) >= 11 is 0. The summed E-state index contributed by atoms with van der Waals surface area (Å²) in [6.45, 7) is 0. The van der Waals surface area contributed by atoms with E-state index in [4.69, 9.17) is 48.7 Å². The molecule has 0 atom stereocenters. The first-order valence-corrected chi connectivity index (χ1v) is 39.7. The van der Waals surface area contributed by atoms with Crippen LogP contribution in [0.15, 0.2) is 385 Å². The number of aromatic nitrogens is 8. The molecule has 118 heavy (non-hydrogen) atoms. The number of hydrogen-bond donors (Lipinski definition) is 0. The molecule has 25 aromatic rings. The lowest BCUT2D eigenvalue weighted by Crippen LogP contribution is -1.97. The number of furan rings is 2. The van der Waals surface area contributed by atoms with Gasteiger partial charge >= 0.3 is 0 Å². The molecule has 0 aliphatic heterocycles. The van der Waals surface area contributed by atoms with E-state index < -0.39 is 0 Å². The molecule has 0 fully saturated rings. The van der Waals surface area contributed by atoms with Gasteiger partial charge in [-0.15, -0.1) is 0 Å². The second-order valence-electron chi connectivity index (χ2n) is 30.3. The van der Waals surface area contributed by atoms with Crippen LogP contribution in [-0.4, -0.2) is 39.9 Å². The number of para-hydroxylation sites is 2. The van der Waals surface area contributed by atoms with Gasteiger partial charge in [-0.05, 0) is 129 Å². The highest BCUT2D eigenvalue weighted by molar-refractivity contribution is 6.31. The zero-order chi connectivity index (χ0) is 77.5. The quantitative estimate of drug-likeness (QED) is 0.136. The Balaban J connectivity index is 0.000000138. The zero-order valence-corrected chi connectivity index (χ0v) is 63.2. The average molecular weight is 1500 g/mol. The lowest BCUT2D eigenvalue weighted by Gasteiger charge is -2.14. The molecule has 0 aliphatic carbocycles. The van der Waals surface area contributed by atoms with E-state index in [0.717, 1.165) is 181 Å². The number of fused-ring (bicyclic) bond motifs is 23. The van der Waals surface area contributed by atoms with E-state index in [2.05, 4.69) is 346 Å². The van der Waals surface area contributed by atoms with Crippen molar-refractivity contribution in [1.29, 1.82) is 0 Å². The molecule has 0 bridgehead atoms. The van der Waals surface area contributed by atoms with E-state index in [0.29, 0.717) is 34.5 Å². The largest absolute Gasteiger partial charge is 0.451 e. The summed E-state index contributed by atoms with van der Waals surface area (Å²) in [5.41, 5.74) is 17.4. The maximum absolute atomic E-state index is 7.08. The van der Waals surface area contributed by atoms with Crippen molar-refractivity contribution in [3.63, 3.8) is 0 Å². The summed E-state index contributed by atoms with van der Waals surface area (Å²) in [5, 5.41) is 24.7. The molecule has 0 saturated carbocycles. The van der Waals surface area contributed by atoms with Crippen LogP contribution in [0.2, 0.25) is 0 Å². The van der Waals surface area contributed by atoms with Crippen molar-refractivity contribution in [2.75, 3.05) is 0 Å². The normalized spacial score (nSPS) is 11.9. The van der Waals surface area contributed by atoms with Gasteiger partial charge < -0.3 is 8.83 Å². The fraction of sp³-hybridized carbons (Fsp3) is 0. The monoisotopic (exact) mass is 1500 g/mol.